The largest absolute Gasteiger partial charge is 0.497 e. The lowest BCUT2D eigenvalue weighted by molar-refractivity contribution is -0.120. The highest BCUT2D eigenvalue weighted by Crippen LogP contribution is 2.35. The first-order valence-electron chi connectivity index (χ1n) is 10.5. The molecule has 1 N–H and O–H groups in total. The van der Waals surface area contributed by atoms with E-state index < -0.39 is 17.6 Å². The summed E-state index contributed by atoms with van der Waals surface area (Å²) >= 11 is 0. The third kappa shape index (κ3) is 4.57. The van der Waals surface area contributed by atoms with Crippen LogP contribution in [-0.4, -0.2) is 25.5 Å². The zero-order chi connectivity index (χ0) is 23.4. The van der Waals surface area contributed by atoms with Gasteiger partial charge in [-0.25, -0.2) is 9.29 Å². The quantitative estimate of drug-likeness (QED) is 0.492. The summed E-state index contributed by atoms with van der Waals surface area (Å²) in [6.45, 7) is 2.52. The maximum absolute atomic E-state index is 13.5. The Bertz CT molecular complexity index is 1200. The molecule has 6 nitrogen and oxygen atoms in total. The third-order valence-corrected chi connectivity index (χ3v) is 5.12. The summed E-state index contributed by atoms with van der Waals surface area (Å²) in [4.78, 5) is 28.0. The Hall–Kier alpha value is -4.13. The van der Waals surface area contributed by atoms with Gasteiger partial charge >= 0.3 is 0 Å². The zero-order valence-electron chi connectivity index (χ0n) is 18.3. The van der Waals surface area contributed by atoms with Crippen molar-refractivity contribution in [3.63, 3.8) is 0 Å². The number of methoxy groups -OCH3 is 1. The van der Waals surface area contributed by atoms with E-state index >= 15 is 0 Å². The number of hydrogen-bond acceptors (Lipinski definition) is 5. The predicted molar refractivity (Wildman–Crippen MR) is 125 cm³/mol. The number of nitrogens with one attached hydrogen (secondary N) is 1. The van der Waals surface area contributed by atoms with Gasteiger partial charge < -0.3 is 14.8 Å². The van der Waals surface area contributed by atoms with Gasteiger partial charge in [-0.2, -0.15) is 0 Å². The van der Waals surface area contributed by atoms with E-state index in [0.717, 1.165) is 11.3 Å². The van der Waals surface area contributed by atoms with E-state index in [1.54, 1.807) is 55.6 Å². The van der Waals surface area contributed by atoms with Gasteiger partial charge in [0.15, 0.2) is 0 Å². The highest BCUT2D eigenvalue weighted by Gasteiger charge is 2.40. The second-order valence-corrected chi connectivity index (χ2v) is 7.40. The van der Waals surface area contributed by atoms with Crippen LogP contribution in [-0.2, 0) is 9.59 Å². The van der Waals surface area contributed by atoms with Crippen molar-refractivity contribution < 1.29 is 23.5 Å². The van der Waals surface area contributed by atoms with Crippen LogP contribution in [0.1, 0.15) is 18.9 Å². The van der Waals surface area contributed by atoms with Crippen molar-refractivity contribution in [1.82, 2.24) is 0 Å². The smallest absolute Gasteiger partial charge is 0.282 e. The highest BCUT2D eigenvalue weighted by molar-refractivity contribution is 6.46. The summed E-state index contributed by atoms with van der Waals surface area (Å²) < 4.78 is 24.4. The Balaban J connectivity index is 1.74. The van der Waals surface area contributed by atoms with Crippen LogP contribution in [0.5, 0.6) is 11.5 Å². The van der Waals surface area contributed by atoms with E-state index in [0.29, 0.717) is 35.0 Å². The summed E-state index contributed by atoms with van der Waals surface area (Å²) in [7, 11) is 1.56. The Kier molecular flexibility index (Phi) is 6.40. The second-order valence-electron chi connectivity index (χ2n) is 7.40. The van der Waals surface area contributed by atoms with Gasteiger partial charge in [0, 0.05) is 11.8 Å². The van der Waals surface area contributed by atoms with E-state index in [1.807, 2.05) is 6.92 Å². The van der Waals surface area contributed by atoms with E-state index in [-0.39, 0.29) is 11.3 Å². The number of ether oxygens (including phenoxy) is 2. The fourth-order valence-corrected chi connectivity index (χ4v) is 3.52. The lowest BCUT2D eigenvalue weighted by Crippen LogP contribution is -2.32. The lowest BCUT2D eigenvalue weighted by atomic mass is 10.0. The molecule has 0 aromatic heterocycles. The van der Waals surface area contributed by atoms with Gasteiger partial charge in [0.2, 0.25) is 0 Å². The van der Waals surface area contributed by atoms with Crippen LogP contribution in [0, 0.1) is 5.82 Å². The molecule has 0 bridgehead atoms. The first-order valence-corrected chi connectivity index (χ1v) is 10.5. The van der Waals surface area contributed by atoms with Crippen LogP contribution in [0.15, 0.2) is 78.5 Å². The van der Waals surface area contributed by atoms with Gasteiger partial charge in [-0.3, -0.25) is 9.59 Å². The molecule has 1 aliphatic heterocycles. The topological polar surface area (TPSA) is 67.9 Å². The molecular formula is C26H23FN2O4. The van der Waals surface area contributed by atoms with Gasteiger partial charge in [0.05, 0.1) is 25.0 Å². The van der Waals surface area contributed by atoms with Crippen molar-refractivity contribution in [2.45, 2.75) is 13.3 Å². The van der Waals surface area contributed by atoms with Crippen LogP contribution in [0.4, 0.5) is 15.8 Å². The molecule has 1 aliphatic rings. The third-order valence-electron chi connectivity index (χ3n) is 5.12. The molecule has 0 radical (unpaired) electrons. The standard InChI is InChI=1S/C26H23FN2O4/c1-3-15-33-22-6-4-5-20(16-22)29-25(30)23(17-7-9-18(27)10-8-17)24(26(29)31)28-19-11-13-21(32-2)14-12-19/h4-14,16,28H,3,15H2,1-2H3. The van der Waals surface area contributed by atoms with Gasteiger partial charge in [-0.1, -0.05) is 25.1 Å². The molecule has 33 heavy (non-hydrogen) atoms. The summed E-state index contributed by atoms with van der Waals surface area (Å²) in [5.41, 5.74) is 1.71. The van der Waals surface area contributed by atoms with Gasteiger partial charge in [-0.05, 0) is 60.5 Å². The number of amides is 2. The number of carbonyl (C=O) groups is 2. The van der Waals surface area contributed by atoms with Gasteiger partial charge in [-0.15, -0.1) is 0 Å². The molecule has 168 valence electrons. The summed E-state index contributed by atoms with van der Waals surface area (Å²) in [6, 6.07) is 19.3. The van der Waals surface area contributed by atoms with E-state index in [2.05, 4.69) is 5.32 Å². The molecule has 0 unspecified atom stereocenters. The molecule has 7 heteroatoms. The molecule has 4 rings (SSSR count). The normalized spacial score (nSPS) is 13.5. The minimum atomic E-state index is -0.511. The monoisotopic (exact) mass is 446 g/mol. The molecule has 2 amide bonds. The number of carbonyl (C=O) groups excluding carboxylic acids is 2. The molecule has 0 spiro atoms. The number of benzene rings is 3. The minimum Gasteiger partial charge on any atom is -0.497 e. The molecule has 1 heterocycles. The van der Waals surface area contributed by atoms with Crippen LogP contribution in [0.25, 0.3) is 5.57 Å². The molecule has 0 atom stereocenters. The minimum absolute atomic E-state index is 0.108. The SMILES string of the molecule is CCCOc1cccc(N2C(=O)C(Nc3ccc(OC)cc3)=C(c3ccc(F)cc3)C2=O)c1. The van der Waals surface area contributed by atoms with Gasteiger partial charge in [0.1, 0.15) is 23.0 Å². The summed E-state index contributed by atoms with van der Waals surface area (Å²) in [5, 5.41) is 3.07. The van der Waals surface area contributed by atoms with E-state index in [1.165, 1.54) is 24.3 Å². The Morgan fingerprint density at radius 3 is 2.30 bits per heavy atom. The fraction of sp³-hybridized carbons (Fsp3) is 0.154. The van der Waals surface area contributed by atoms with Crippen molar-refractivity contribution in [2.24, 2.45) is 0 Å². The predicted octanol–water partition coefficient (Wildman–Crippen LogP) is 5.02. The van der Waals surface area contributed by atoms with Crippen molar-refractivity contribution in [2.75, 3.05) is 23.9 Å². The number of imide groups is 1. The van der Waals surface area contributed by atoms with Gasteiger partial charge in [0.25, 0.3) is 11.8 Å². The number of anilines is 2. The van der Waals surface area contributed by atoms with Crippen molar-refractivity contribution in [3.8, 4) is 11.5 Å². The number of halogens is 1. The summed E-state index contributed by atoms with van der Waals surface area (Å²) in [6.07, 6.45) is 0.831. The van der Waals surface area contributed by atoms with Crippen molar-refractivity contribution >= 4 is 28.8 Å². The molecule has 0 aliphatic carbocycles. The zero-order valence-corrected chi connectivity index (χ0v) is 18.3. The maximum Gasteiger partial charge on any atom is 0.282 e. The molecular weight excluding hydrogens is 423 g/mol. The fourth-order valence-electron chi connectivity index (χ4n) is 3.52. The summed E-state index contributed by atoms with van der Waals surface area (Å²) in [5.74, 6) is -0.223. The van der Waals surface area contributed by atoms with Crippen molar-refractivity contribution in [3.05, 3.63) is 89.9 Å². The van der Waals surface area contributed by atoms with E-state index in [4.69, 9.17) is 9.47 Å². The highest BCUT2D eigenvalue weighted by atomic mass is 19.1. The Morgan fingerprint density at radius 1 is 0.909 bits per heavy atom. The first-order chi connectivity index (χ1) is 16.0. The van der Waals surface area contributed by atoms with Crippen molar-refractivity contribution in [1.29, 1.82) is 0 Å². The molecule has 0 fully saturated rings. The number of hydrogen-bond donors (Lipinski definition) is 1. The molecule has 0 saturated carbocycles. The molecule has 3 aromatic carbocycles. The van der Waals surface area contributed by atoms with Crippen LogP contribution in [0.3, 0.4) is 0 Å². The Morgan fingerprint density at radius 2 is 1.64 bits per heavy atom. The molecule has 0 saturated heterocycles. The lowest BCUT2D eigenvalue weighted by Gasteiger charge is -2.16. The maximum atomic E-state index is 13.5. The molecule has 3 aromatic rings. The second kappa shape index (κ2) is 9.56. The first kappa shape index (κ1) is 22.1. The van der Waals surface area contributed by atoms with Crippen LogP contribution >= 0.6 is 0 Å². The number of nitrogens with zero attached hydrogens (tertiary/aromatic N) is 1. The van der Waals surface area contributed by atoms with Crippen LogP contribution in [0.2, 0.25) is 0 Å². The number of rotatable bonds is 8. The van der Waals surface area contributed by atoms with Crippen LogP contribution < -0.4 is 19.7 Å². The van der Waals surface area contributed by atoms with E-state index in [9.17, 15) is 14.0 Å². The average Bonchev–Trinajstić information content (AvgIpc) is 3.08. The average molecular weight is 446 g/mol. The Labute approximate surface area is 191 Å².